The second kappa shape index (κ2) is 8.11. The van der Waals surface area contributed by atoms with Gasteiger partial charge in [0.1, 0.15) is 11.6 Å². The summed E-state index contributed by atoms with van der Waals surface area (Å²) in [5, 5.41) is 11.6. The van der Waals surface area contributed by atoms with E-state index < -0.39 is 35.3 Å². The Morgan fingerprint density at radius 2 is 1.93 bits per heavy atom. The number of hydrogen-bond donors (Lipinski definition) is 2. The lowest BCUT2D eigenvalue weighted by atomic mass is 10.1. The molecule has 1 unspecified atom stereocenters. The maximum Gasteiger partial charge on any atom is 0.408 e. The Morgan fingerprint density at radius 1 is 1.22 bits per heavy atom. The number of pyridine rings is 1. The van der Waals surface area contributed by atoms with E-state index in [9.17, 15) is 23.5 Å². The molecule has 2 N–H and O–H groups in total. The smallest absolute Gasteiger partial charge is 0.408 e. The highest BCUT2D eigenvalue weighted by Gasteiger charge is 2.24. The first-order chi connectivity index (χ1) is 12.6. The first kappa shape index (κ1) is 20.3. The van der Waals surface area contributed by atoms with Crippen molar-refractivity contribution in [3.8, 4) is 11.3 Å². The van der Waals surface area contributed by atoms with Gasteiger partial charge >= 0.3 is 12.1 Å². The molecular formula is C19H20F2N2O4. The number of nitrogens with zero attached hydrogens (tertiary/aromatic N) is 1. The van der Waals surface area contributed by atoms with Crippen LogP contribution >= 0.6 is 0 Å². The molecular weight excluding hydrogens is 358 g/mol. The number of carbonyl (C=O) groups is 2. The number of amides is 1. The van der Waals surface area contributed by atoms with Gasteiger partial charge in [-0.25, -0.2) is 18.4 Å². The maximum atomic E-state index is 13.8. The lowest BCUT2D eigenvalue weighted by Crippen LogP contribution is -2.44. The standard InChI is InChI=1S/C19H20F2N2O4/c1-19(2,3)27-18(26)23-15(17(24)25)9-11-7-8-14(22-10-11)12-5-4-6-13(20)16(12)21/h4-8,10,15H,9H2,1-3H3,(H,23,26)(H,24,25). The van der Waals surface area contributed by atoms with Crippen molar-refractivity contribution in [1.29, 1.82) is 0 Å². The summed E-state index contributed by atoms with van der Waals surface area (Å²) in [6.45, 7) is 4.99. The average Bonchev–Trinajstić information content (AvgIpc) is 2.56. The van der Waals surface area contributed by atoms with E-state index in [1.165, 1.54) is 24.4 Å². The van der Waals surface area contributed by atoms with E-state index in [-0.39, 0.29) is 17.7 Å². The molecule has 0 aliphatic rings. The minimum absolute atomic E-state index is 0.00298. The van der Waals surface area contributed by atoms with Gasteiger partial charge in [-0.1, -0.05) is 12.1 Å². The second-order valence-corrected chi connectivity index (χ2v) is 6.89. The molecule has 0 bridgehead atoms. The van der Waals surface area contributed by atoms with Crippen molar-refractivity contribution in [3.63, 3.8) is 0 Å². The zero-order valence-corrected chi connectivity index (χ0v) is 15.1. The molecule has 0 fully saturated rings. The predicted molar refractivity (Wildman–Crippen MR) is 94.1 cm³/mol. The number of aliphatic carboxylic acids is 1. The topological polar surface area (TPSA) is 88.5 Å². The Hall–Kier alpha value is -3.03. The van der Waals surface area contributed by atoms with E-state index in [1.807, 2.05) is 0 Å². The molecule has 1 aromatic heterocycles. The molecule has 6 nitrogen and oxygen atoms in total. The predicted octanol–water partition coefficient (Wildman–Crippen LogP) is 3.55. The zero-order chi connectivity index (χ0) is 20.2. The number of halogens is 2. The van der Waals surface area contributed by atoms with Gasteiger partial charge in [0.05, 0.1) is 5.69 Å². The molecule has 2 aromatic rings. The highest BCUT2D eigenvalue weighted by atomic mass is 19.2. The fraction of sp³-hybridized carbons (Fsp3) is 0.316. The van der Waals surface area contributed by atoms with Gasteiger partial charge in [0.2, 0.25) is 0 Å². The summed E-state index contributed by atoms with van der Waals surface area (Å²) in [7, 11) is 0. The first-order valence-electron chi connectivity index (χ1n) is 8.18. The van der Waals surface area contributed by atoms with Crippen LogP contribution in [-0.4, -0.2) is 33.8 Å². The lowest BCUT2D eigenvalue weighted by Gasteiger charge is -2.22. The molecule has 0 aliphatic heterocycles. The van der Waals surface area contributed by atoms with Crippen molar-refractivity contribution < 1.29 is 28.2 Å². The molecule has 27 heavy (non-hydrogen) atoms. The third-order valence-corrected chi connectivity index (χ3v) is 3.48. The summed E-state index contributed by atoms with van der Waals surface area (Å²) in [6, 6.07) is 5.55. The van der Waals surface area contributed by atoms with Crippen LogP contribution in [0.5, 0.6) is 0 Å². The van der Waals surface area contributed by atoms with Crippen molar-refractivity contribution in [2.75, 3.05) is 0 Å². The molecule has 0 radical (unpaired) electrons. The van der Waals surface area contributed by atoms with Crippen molar-refractivity contribution >= 4 is 12.1 Å². The number of nitrogens with one attached hydrogen (secondary N) is 1. The third kappa shape index (κ3) is 5.73. The molecule has 0 saturated carbocycles. The molecule has 1 atom stereocenters. The summed E-state index contributed by atoms with van der Waals surface area (Å²) in [5.74, 6) is -3.22. The van der Waals surface area contributed by atoms with Crippen molar-refractivity contribution in [1.82, 2.24) is 10.3 Å². The number of ether oxygens (including phenoxy) is 1. The minimum Gasteiger partial charge on any atom is -0.480 e. The molecule has 2 rings (SSSR count). The minimum atomic E-state index is -1.24. The van der Waals surface area contributed by atoms with Crippen molar-refractivity contribution in [2.24, 2.45) is 0 Å². The van der Waals surface area contributed by atoms with Crippen LogP contribution in [0.25, 0.3) is 11.3 Å². The van der Waals surface area contributed by atoms with E-state index in [0.29, 0.717) is 5.56 Å². The number of carboxylic acid groups (broad SMARTS) is 1. The van der Waals surface area contributed by atoms with Gasteiger partial charge in [0.25, 0.3) is 0 Å². The molecule has 1 heterocycles. The second-order valence-electron chi connectivity index (χ2n) is 6.89. The van der Waals surface area contributed by atoms with E-state index in [0.717, 1.165) is 6.07 Å². The van der Waals surface area contributed by atoms with E-state index >= 15 is 0 Å². The first-order valence-corrected chi connectivity index (χ1v) is 8.18. The van der Waals surface area contributed by atoms with Crippen molar-refractivity contribution in [2.45, 2.75) is 38.8 Å². The summed E-state index contributed by atoms with van der Waals surface area (Å²) >= 11 is 0. The molecule has 0 saturated heterocycles. The van der Waals surface area contributed by atoms with Crippen molar-refractivity contribution in [3.05, 3.63) is 53.7 Å². The number of aromatic nitrogens is 1. The van der Waals surface area contributed by atoms with Gasteiger partial charge in [-0.3, -0.25) is 4.98 Å². The average molecular weight is 378 g/mol. The molecule has 8 heteroatoms. The van der Waals surface area contributed by atoms with Crippen LogP contribution in [0.15, 0.2) is 36.5 Å². The fourth-order valence-electron chi connectivity index (χ4n) is 2.29. The summed E-state index contributed by atoms with van der Waals surface area (Å²) < 4.78 is 32.2. The van der Waals surface area contributed by atoms with Gasteiger partial charge in [-0.15, -0.1) is 0 Å². The number of alkyl carbamates (subject to hydrolysis) is 1. The Kier molecular flexibility index (Phi) is 6.09. The monoisotopic (exact) mass is 378 g/mol. The SMILES string of the molecule is CC(C)(C)OC(=O)NC(Cc1ccc(-c2cccc(F)c2F)nc1)C(=O)O. The van der Waals surface area contributed by atoms with Crippen LogP contribution < -0.4 is 5.32 Å². The highest BCUT2D eigenvalue weighted by Crippen LogP contribution is 2.22. The normalized spacial score (nSPS) is 12.3. The summed E-state index contributed by atoms with van der Waals surface area (Å²) in [4.78, 5) is 27.2. The molecule has 0 spiro atoms. The number of benzene rings is 1. The molecule has 1 amide bonds. The highest BCUT2D eigenvalue weighted by molar-refractivity contribution is 5.80. The van der Waals surface area contributed by atoms with Gasteiger partial charge in [0.15, 0.2) is 11.6 Å². The van der Waals surface area contributed by atoms with E-state index in [1.54, 1.807) is 26.8 Å². The third-order valence-electron chi connectivity index (χ3n) is 3.48. The fourth-order valence-corrected chi connectivity index (χ4v) is 2.29. The number of hydrogen-bond acceptors (Lipinski definition) is 4. The van der Waals surface area contributed by atoms with Gasteiger partial charge < -0.3 is 15.2 Å². The van der Waals surface area contributed by atoms with Crippen LogP contribution in [0.3, 0.4) is 0 Å². The van der Waals surface area contributed by atoms with Crippen LogP contribution in [0.2, 0.25) is 0 Å². The van der Waals surface area contributed by atoms with E-state index in [2.05, 4.69) is 10.3 Å². The largest absolute Gasteiger partial charge is 0.480 e. The van der Waals surface area contributed by atoms with Crippen LogP contribution in [0.4, 0.5) is 13.6 Å². The Bertz CT molecular complexity index is 833. The Morgan fingerprint density at radius 3 is 2.48 bits per heavy atom. The number of carbonyl (C=O) groups excluding carboxylic acids is 1. The van der Waals surface area contributed by atoms with Gasteiger partial charge in [0, 0.05) is 18.2 Å². The summed E-state index contributed by atoms with van der Waals surface area (Å²) in [5.41, 5.74) is -0.0456. The van der Waals surface area contributed by atoms with Crippen LogP contribution in [-0.2, 0) is 16.0 Å². The lowest BCUT2D eigenvalue weighted by molar-refractivity contribution is -0.139. The quantitative estimate of drug-likeness (QED) is 0.831. The van der Waals surface area contributed by atoms with Crippen LogP contribution in [0.1, 0.15) is 26.3 Å². The van der Waals surface area contributed by atoms with E-state index in [4.69, 9.17) is 4.74 Å². The van der Waals surface area contributed by atoms with Gasteiger partial charge in [-0.05, 0) is 44.5 Å². The Balaban J connectivity index is 2.12. The molecule has 0 aliphatic carbocycles. The summed E-state index contributed by atoms with van der Waals surface area (Å²) in [6.07, 6.45) is 0.459. The van der Waals surface area contributed by atoms with Crippen LogP contribution in [0, 0.1) is 11.6 Å². The Labute approximate surface area is 155 Å². The van der Waals surface area contributed by atoms with Gasteiger partial charge in [-0.2, -0.15) is 0 Å². The zero-order valence-electron chi connectivity index (χ0n) is 15.1. The molecule has 1 aromatic carbocycles. The maximum absolute atomic E-state index is 13.8. The molecule has 144 valence electrons. The number of rotatable bonds is 5. The number of carboxylic acids is 1.